The van der Waals surface area contributed by atoms with Gasteiger partial charge in [-0.25, -0.2) is 16.8 Å². The minimum absolute atomic E-state index is 0. The maximum absolute atomic E-state index is 13.1. The predicted octanol–water partition coefficient (Wildman–Crippen LogP) is -0.675. The third kappa shape index (κ3) is 12.7. The van der Waals surface area contributed by atoms with Gasteiger partial charge in [-0.15, -0.1) is 0 Å². The van der Waals surface area contributed by atoms with Gasteiger partial charge in [-0.1, -0.05) is 20.8 Å². The van der Waals surface area contributed by atoms with Crippen molar-refractivity contribution in [2.45, 2.75) is 108 Å². The molecule has 0 spiro atoms. The first kappa shape index (κ1) is 50.9. The summed E-state index contributed by atoms with van der Waals surface area (Å²) >= 11 is 5.76. The van der Waals surface area contributed by atoms with Crippen LogP contribution in [0.1, 0.15) is 97.8 Å². The van der Waals surface area contributed by atoms with E-state index in [1.165, 1.54) is 38.9 Å². The van der Waals surface area contributed by atoms with Crippen LogP contribution in [0.25, 0.3) is 0 Å². The molecule has 8 rings (SSSR count). The van der Waals surface area contributed by atoms with Crippen LogP contribution >= 0.6 is 11.6 Å². The van der Waals surface area contributed by atoms with Crippen LogP contribution in [-0.2, 0) is 34.6 Å². The smallest absolute Gasteiger partial charge is 0.743 e. The molecule has 0 aromatic heterocycles. The van der Waals surface area contributed by atoms with Crippen LogP contribution in [-0.4, -0.2) is 90.5 Å². The Morgan fingerprint density at radius 3 is 1.17 bits per heavy atom. The number of aliphatic hydroxyl groups excluding tert-OH is 1. The Kier molecular flexibility index (Phi) is 19.6. The van der Waals surface area contributed by atoms with Crippen LogP contribution < -0.4 is 59.1 Å². The second kappa shape index (κ2) is 20.0. The molecule has 0 atom stereocenters. The number of carbonyl (C=O) groups excluding carboxylic acids is 2. The van der Waals surface area contributed by atoms with Gasteiger partial charge in [-0.3, -0.25) is 9.59 Å². The van der Waals surface area contributed by atoms with Crippen LogP contribution in [0.2, 0.25) is 0 Å². The molecule has 8 aliphatic carbocycles. The molecule has 0 aromatic carbocycles. The molecule has 0 saturated heterocycles. The van der Waals surface area contributed by atoms with Gasteiger partial charge in [0, 0.05) is 5.41 Å². The van der Waals surface area contributed by atoms with Crippen molar-refractivity contribution < 1.29 is 122 Å². The monoisotopic (exact) mass is 829 g/mol. The Labute approximate surface area is 354 Å². The summed E-state index contributed by atoms with van der Waals surface area (Å²) in [7, 11) is -11.5. The van der Waals surface area contributed by atoms with Crippen molar-refractivity contribution in [3.63, 3.8) is 0 Å². The second-order valence-electron chi connectivity index (χ2n) is 15.2. The van der Waals surface area contributed by atoms with Crippen molar-refractivity contribution in [3.8, 4) is 0 Å². The Morgan fingerprint density at radius 2 is 0.981 bits per heavy atom. The summed E-state index contributed by atoms with van der Waals surface area (Å²) in [6.07, 6.45) is 12.6. The van der Waals surface area contributed by atoms with Gasteiger partial charge in [-0.2, -0.15) is 17.6 Å². The van der Waals surface area contributed by atoms with E-state index in [1.54, 1.807) is 0 Å². The number of rotatable bonds is 10. The number of alkyl halides is 4. The fourth-order valence-electron chi connectivity index (χ4n) is 9.84. The summed E-state index contributed by atoms with van der Waals surface area (Å²) in [5, 5.41) is -1.55. The first-order valence-electron chi connectivity index (χ1n) is 17.3. The van der Waals surface area contributed by atoms with Crippen LogP contribution in [0.3, 0.4) is 0 Å². The van der Waals surface area contributed by atoms with Gasteiger partial charge >= 0.3 is 75.6 Å². The number of esters is 1. The van der Waals surface area contributed by atoms with Crippen LogP contribution in [0.4, 0.5) is 17.6 Å². The molecule has 0 heterocycles. The molecule has 8 saturated carbocycles. The molecule has 52 heavy (non-hydrogen) atoms. The average Bonchev–Trinajstić information content (AvgIpc) is 2.99. The molecule has 1 N–H and O–H groups in total. The van der Waals surface area contributed by atoms with Crippen LogP contribution in [0.15, 0.2) is 0 Å². The van der Waals surface area contributed by atoms with Gasteiger partial charge in [-0.05, 0) is 144 Å². The molecule has 0 aromatic rings. The van der Waals surface area contributed by atoms with E-state index in [9.17, 15) is 53.1 Å². The number of ether oxygens (including phenoxy) is 1. The van der Waals surface area contributed by atoms with E-state index in [0.717, 1.165) is 56.3 Å². The Morgan fingerprint density at radius 1 is 0.692 bits per heavy atom. The Hall–Kier alpha value is 0.890. The maximum Gasteiger partial charge on any atom is 1.00 e. The minimum Gasteiger partial charge on any atom is -0.743 e. The molecular weight excluding hydrogens is 780 g/mol. The molecule has 0 radical (unpaired) electrons. The fraction of sp³-hybridized carbons (Fsp3) is 0.938. The van der Waals surface area contributed by atoms with Crippen LogP contribution in [0, 0.1) is 46.3 Å². The van der Waals surface area contributed by atoms with Gasteiger partial charge in [0.2, 0.25) is 5.24 Å². The number of nitrogens with zero attached hydrogens (tertiary/aromatic N) is 1. The molecule has 11 nitrogen and oxygen atoms in total. The number of carbonyl (C=O) groups is 2. The topological polar surface area (TPSA) is 181 Å². The summed E-state index contributed by atoms with van der Waals surface area (Å²) in [6, 6.07) is 0. The van der Waals surface area contributed by atoms with Gasteiger partial charge in [0.15, 0.2) is 26.8 Å². The zero-order chi connectivity index (χ0) is 37.9. The molecule has 292 valence electrons. The van der Waals surface area contributed by atoms with Crippen LogP contribution in [0.5, 0.6) is 0 Å². The van der Waals surface area contributed by atoms with E-state index >= 15 is 0 Å². The molecule has 0 aliphatic heterocycles. The first-order chi connectivity index (χ1) is 22.9. The largest absolute Gasteiger partial charge is 1.00 e. The molecule has 0 amide bonds. The standard InChI is InChI=1S/C13H18F2O5S.C11H15ClO.C6H15N.C2H4F2O4S.2Na/c14-13(15,21(17,18)19)7-20-11(16)12-4-8-1-9(5-12)3-10(2-8)6-12;12-10(13)11-4-7-1-8(5-11)3-9(2-7)6-11;1-4-7(5-2)6-3;3-2(4,1-5)9(6,7)8;;/h8-10H,1-7H2,(H,17,18,19);7-9H,1-6H2;4-6H2,1-3H3;5H,1H2,(H,6,7,8);;/q;;;;2*+1/p-2. The quantitative estimate of drug-likeness (QED) is 0.0970. The van der Waals surface area contributed by atoms with E-state index < -0.39 is 55.3 Å². The summed E-state index contributed by atoms with van der Waals surface area (Å²) in [5.74, 6) is 3.04. The molecule has 8 bridgehead atoms. The summed E-state index contributed by atoms with van der Waals surface area (Å²) in [6.45, 7) is 6.47. The number of hydrogen-bond acceptors (Lipinski definition) is 11. The van der Waals surface area contributed by atoms with Gasteiger partial charge in [0.1, 0.15) is 6.61 Å². The van der Waals surface area contributed by atoms with Gasteiger partial charge in [0.05, 0.1) is 5.41 Å². The van der Waals surface area contributed by atoms with Crippen molar-refractivity contribution in [2.24, 2.45) is 46.3 Å². The summed E-state index contributed by atoms with van der Waals surface area (Å²) < 4.78 is 113. The zero-order valence-electron chi connectivity index (χ0n) is 30.8. The third-order valence-corrected chi connectivity index (χ3v) is 13.7. The van der Waals surface area contributed by atoms with Crippen molar-refractivity contribution in [3.05, 3.63) is 0 Å². The van der Waals surface area contributed by atoms with E-state index in [4.69, 9.17) is 16.7 Å². The molecule has 8 aliphatic rings. The van der Waals surface area contributed by atoms with Crippen molar-refractivity contribution in [2.75, 3.05) is 32.8 Å². The van der Waals surface area contributed by atoms with Crippen molar-refractivity contribution >= 4 is 43.0 Å². The SMILES string of the molecule is CCN(CC)CC.O=C(Cl)C12CC3CC(CC(C3)C1)C2.O=C(OCC(F)(F)S(=O)(=O)[O-])C12CC3CC(CC(C3)C1)C2.O=S(=O)([O-])C(F)(F)CO.[Na+].[Na+]. The normalized spacial score (nSPS) is 32.5. The third-order valence-electron chi connectivity index (χ3n) is 11.6. The fourth-order valence-corrected chi connectivity index (χ4v) is 10.4. The Bertz CT molecular complexity index is 1350. The van der Waals surface area contributed by atoms with E-state index in [-0.39, 0.29) is 69.8 Å². The van der Waals surface area contributed by atoms with Crippen molar-refractivity contribution in [1.29, 1.82) is 0 Å². The minimum atomic E-state index is -5.81. The van der Waals surface area contributed by atoms with E-state index in [0.29, 0.717) is 37.0 Å². The zero-order valence-corrected chi connectivity index (χ0v) is 37.1. The first-order valence-corrected chi connectivity index (χ1v) is 20.5. The summed E-state index contributed by atoms with van der Waals surface area (Å²) in [5.41, 5.74) is -0.812. The van der Waals surface area contributed by atoms with Gasteiger partial charge < -0.3 is 23.8 Å². The van der Waals surface area contributed by atoms with Gasteiger partial charge in [0.25, 0.3) is 0 Å². The molecule has 8 fully saturated rings. The predicted molar refractivity (Wildman–Crippen MR) is 173 cm³/mol. The number of aliphatic hydroxyl groups is 1. The van der Waals surface area contributed by atoms with E-state index in [1.807, 2.05) is 0 Å². The van der Waals surface area contributed by atoms with Crippen molar-refractivity contribution in [1.82, 2.24) is 4.90 Å². The molecular formula is C32H50ClF4NNa2O10S2. The number of halogens is 5. The average molecular weight is 830 g/mol. The Balaban J connectivity index is 0.000000376. The summed E-state index contributed by atoms with van der Waals surface area (Å²) in [4.78, 5) is 26.1. The molecule has 20 heteroatoms. The number of hydrogen-bond donors (Lipinski definition) is 1. The second-order valence-corrected chi connectivity index (χ2v) is 18.6. The van der Waals surface area contributed by atoms with E-state index in [2.05, 4.69) is 30.4 Å². The molecule has 0 unspecified atom stereocenters. The maximum atomic E-state index is 13.1.